The van der Waals surface area contributed by atoms with Crippen molar-refractivity contribution in [3.05, 3.63) is 132 Å². The number of hydrogen-bond donors (Lipinski definition) is 2. The fourth-order valence-electron chi connectivity index (χ4n) is 4.15. The lowest BCUT2D eigenvalue weighted by atomic mass is 9.58. The van der Waals surface area contributed by atoms with Crippen molar-refractivity contribution in [1.29, 1.82) is 0 Å². The first-order chi connectivity index (χ1) is 14.1. The molecule has 0 aromatic heterocycles. The summed E-state index contributed by atoms with van der Waals surface area (Å²) in [5.41, 5.74) is -1.35. The molecule has 3 heteroatoms. The average Bonchev–Trinajstić information content (AvgIpc) is 2.80. The van der Waals surface area contributed by atoms with Gasteiger partial charge in [-0.1, -0.05) is 109 Å². The number of carbonyl (C=O) groups is 1. The number of Topliss-reactive ketones (excluding diaryl/α,β-unsaturated/α-hetero) is 1. The molecule has 0 spiro atoms. The van der Waals surface area contributed by atoms with Crippen molar-refractivity contribution in [2.45, 2.75) is 17.1 Å². The Kier molecular flexibility index (Phi) is 5.01. The standard InChI is InChI=1S/C26H22O3/c27-23(20-12-4-1-5-13-20)24(28)25(21-14-6-2-7-15-21)18-10-11-19-26(25,29)22-16-8-3-9-17-22/h1-19,24,28-29H. The molecule has 0 heterocycles. The first kappa shape index (κ1) is 19.1. The molecular formula is C26H22O3. The van der Waals surface area contributed by atoms with Gasteiger partial charge in [-0.25, -0.2) is 0 Å². The molecule has 1 aliphatic carbocycles. The number of benzene rings is 3. The van der Waals surface area contributed by atoms with Crippen LogP contribution >= 0.6 is 0 Å². The third kappa shape index (κ3) is 3.05. The van der Waals surface area contributed by atoms with E-state index in [4.69, 9.17) is 0 Å². The fraction of sp³-hybridized carbons (Fsp3) is 0.115. The van der Waals surface area contributed by atoms with E-state index in [-0.39, 0.29) is 0 Å². The van der Waals surface area contributed by atoms with Gasteiger partial charge in [0.1, 0.15) is 11.7 Å². The first-order valence-electron chi connectivity index (χ1n) is 9.57. The second kappa shape index (κ2) is 7.63. The highest BCUT2D eigenvalue weighted by atomic mass is 16.3. The summed E-state index contributed by atoms with van der Waals surface area (Å²) < 4.78 is 0. The largest absolute Gasteiger partial charge is 0.384 e. The third-order valence-electron chi connectivity index (χ3n) is 5.64. The van der Waals surface area contributed by atoms with Gasteiger partial charge in [0.25, 0.3) is 0 Å². The minimum Gasteiger partial charge on any atom is -0.384 e. The Labute approximate surface area is 170 Å². The number of hydrogen-bond acceptors (Lipinski definition) is 3. The summed E-state index contributed by atoms with van der Waals surface area (Å²) in [4.78, 5) is 13.3. The molecule has 0 amide bonds. The van der Waals surface area contributed by atoms with Crippen molar-refractivity contribution in [2.24, 2.45) is 0 Å². The van der Waals surface area contributed by atoms with Crippen LogP contribution in [-0.4, -0.2) is 22.1 Å². The van der Waals surface area contributed by atoms with Crippen molar-refractivity contribution in [3.63, 3.8) is 0 Å². The van der Waals surface area contributed by atoms with Crippen LogP contribution in [0.15, 0.2) is 115 Å². The predicted molar refractivity (Wildman–Crippen MR) is 114 cm³/mol. The van der Waals surface area contributed by atoms with Gasteiger partial charge >= 0.3 is 0 Å². The predicted octanol–water partition coefficient (Wildman–Crippen LogP) is 4.18. The van der Waals surface area contributed by atoms with Gasteiger partial charge in [-0.3, -0.25) is 4.79 Å². The quantitative estimate of drug-likeness (QED) is 0.651. The number of aliphatic hydroxyl groups is 2. The van der Waals surface area contributed by atoms with Crippen LogP contribution < -0.4 is 0 Å². The zero-order valence-electron chi connectivity index (χ0n) is 15.8. The van der Waals surface area contributed by atoms with Crippen LogP contribution in [0.2, 0.25) is 0 Å². The monoisotopic (exact) mass is 382 g/mol. The Morgan fingerprint density at radius 3 is 1.76 bits per heavy atom. The van der Waals surface area contributed by atoms with Crippen molar-refractivity contribution < 1.29 is 15.0 Å². The van der Waals surface area contributed by atoms with Crippen LogP contribution in [0, 0.1) is 0 Å². The second-order valence-electron chi connectivity index (χ2n) is 7.22. The summed E-state index contributed by atoms with van der Waals surface area (Å²) in [5, 5.41) is 23.5. The van der Waals surface area contributed by atoms with Crippen molar-refractivity contribution >= 4 is 5.78 Å². The number of aliphatic hydroxyl groups excluding tert-OH is 1. The Hall–Kier alpha value is -3.27. The van der Waals surface area contributed by atoms with Crippen LogP contribution in [0.1, 0.15) is 21.5 Å². The van der Waals surface area contributed by atoms with Crippen molar-refractivity contribution in [1.82, 2.24) is 0 Å². The summed E-state index contributed by atoms with van der Waals surface area (Å²) >= 11 is 0. The summed E-state index contributed by atoms with van der Waals surface area (Å²) in [6.07, 6.45) is 5.40. The highest BCUT2D eigenvalue weighted by molar-refractivity contribution is 6.01. The van der Waals surface area contributed by atoms with E-state index in [9.17, 15) is 15.0 Å². The Bertz CT molecular complexity index is 1040. The molecule has 29 heavy (non-hydrogen) atoms. The van der Waals surface area contributed by atoms with Gasteiger partial charge < -0.3 is 10.2 Å². The molecule has 3 aromatic carbocycles. The smallest absolute Gasteiger partial charge is 0.192 e. The molecule has 2 N–H and O–H groups in total. The molecule has 0 aliphatic heterocycles. The van der Waals surface area contributed by atoms with Gasteiger partial charge in [-0.05, 0) is 17.2 Å². The van der Waals surface area contributed by atoms with Crippen LogP contribution in [0.4, 0.5) is 0 Å². The Balaban J connectivity index is 1.95. The maximum Gasteiger partial charge on any atom is 0.192 e. The molecule has 0 bridgehead atoms. The number of ketones is 1. The molecule has 3 aromatic rings. The molecule has 4 rings (SSSR count). The fourth-order valence-corrected chi connectivity index (χ4v) is 4.15. The molecule has 3 unspecified atom stereocenters. The molecule has 0 saturated heterocycles. The summed E-state index contributed by atoms with van der Waals surface area (Å²) in [7, 11) is 0. The van der Waals surface area contributed by atoms with Crippen LogP contribution in [0.5, 0.6) is 0 Å². The van der Waals surface area contributed by atoms with E-state index in [1.807, 2.05) is 54.6 Å². The van der Waals surface area contributed by atoms with E-state index in [2.05, 4.69) is 0 Å². The lowest BCUT2D eigenvalue weighted by Crippen LogP contribution is -2.57. The topological polar surface area (TPSA) is 57.5 Å². The van der Waals surface area contributed by atoms with E-state index in [0.717, 1.165) is 0 Å². The SMILES string of the molecule is O=C(c1ccccc1)C(O)C1(c2ccccc2)C=CC=CC1(O)c1ccccc1. The number of carbonyl (C=O) groups excluding carboxylic acids is 1. The average molecular weight is 382 g/mol. The minimum absolute atomic E-state index is 0.397. The molecule has 144 valence electrons. The second-order valence-corrected chi connectivity index (χ2v) is 7.22. The maximum absolute atomic E-state index is 13.3. The molecular weight excluding hydrogens is 360 g/mol. The van der Waals surface area contributed by atoms with E-state index in [1.54, 1.807) is 60.7 Å². The molecule has 3 atom stereocenters. The van der Waals surface area contributed by atoms with E-state index in [0.29, 0.717) is 16.7 Å². The van der Waals surface area contributed by atoms with Crippen LogP contribution in [0.25, 0.3) is 0 Å². The molecule has 1 aliphatic rings. The van der Waals surface area contributed by atoms with E-state index >= 15 is 0 Å². The summed E-state index contributed by atoms with van der Waals surface area (Å²) in [5.74, 6) is -0.441. The van der Waals surface area contributed by atoms with E-state index < -0.39 is 22.9 Å². The molecule has 0 fully saturated rings. The zero-order chi connectivity index (χ0) is 20.3. The molecule has 0 radical (unpaired) electrons. The van der Waals surface area contributed by atoms with Crippen molar-refractivity contribution in [3.8, 4) is 0 Å². The summed E-state index contributed by atoms with van der Waals surface area (Å²) in [6.45, 7) is 0. The summed E-state index contributed by atoms with van der Waals surface area (Å²) in [6, 6.07) is 27.0. The lowest BCUT2D eigenvalue weighted by molar-refractivity contribution is -0.0370. The minimum atomic E-state index is -1.62. The Morgan fingerprint density at radius 1 is 0.690 bits per heavy atom. The number of rotatable bonds is 5. The maximum atomic E-state index is 13.3. The van der Waals surface area contributed by atoms with Crippen LogP contribution in [0.3, 0.4) is 0 Å². The van der Waals surface area contributed by atoms with Gasteiger partial charge in [-0.2, -0.15) is 0 Å². The molecule has 0 saturated carbocycles. The van der Waals surface area contributed by atoms with Crippen molar-refractivity contribution in [2.75, 3.05) is 0 Å². The van der Waals surface area contributed by atoms with Gasteiger partial charge in [0.15, 0.2) is 5.78 Å². The molecule has 3 nitrogen and oxygen atoms in total. The van der Waals surface area contributed by atoms with Crippen LogP contribution in [-0.2, 0) is 11.0 Å². The van der Waals surface area contributed by atoms with E-state index in [1.165, 1.54) is 0 Å². The normalized spacial score (nSPS) is 24.2. The first-order valence-corrected chi connectivity index (χ1v) is 9.57. The lowest BCUT2D eigenvalue weighted by Gasteiger charge is -2.48. The highest BCUT2D eigenvalue weighted by Crippen LogP contribution is 2.49. The third-order valence-corrected chi connectivity index (χ3v) is 5.64. The Morgan fingerprint density at radius 2 is 1.17 bits per heavy atom. The van der Waals surface area contributed by atoms with Gasteiger partial charge in [0.05, 0.1) is 5.41 Å². The van der Waals surface area contributed by atoms with Gasteiger partial charge in [0.2, 0.25) is 0 Å². The number of allylic oxidation sites excluding steroid dienone is 2. The highest BCUT2D eigenvalue weighted by Gasteiger charge is 2.57. The van der Waals surface area contributed by atoms with Gasteiger partial charge in [0, 0.05) is 5.56 Å². The zero-order valence-corrected chi connectivity index (χ0v) is 15.8. The van der Waals surface area contributed by atoms with Gasteiger partial charge in [-0.15, -0.1) is 0 Å².